The lowest BCUT2D eigenvalue weighted by molar-refractivity contribution is -0.211. The first-order valence-electron chi connectivity index (χ1n) is 5.98. The van der Waals surface area contributed by atoms with Crippen LogP contribution >= 0.6 is 27.7 Å². The number of fused-ring (bicyclic) bond motifs is 1. The van der Waals surface area contributed by atoms with Gasteiger partial charge in [-0.15, -0.1) is 6.58 Å². The summed E-state index contributed by atoms with van der Waals surface area (Å²) < 4.78 is 22.5. The number of hydrogen-bond acceptors (Lipinski definition) is 6. The molecule has 0 radical (unpaired) electrons. The van der Waals surface area contributed by atoms with Crippen LogP contribution in [0.25, 0.3) is 0 Å². The van der Waals surface area contributed by atoms with Gasteiger partial charge in [0.1, 0.15) is 6.10 Å². The molecule has 19 heavy (non-hydrogen) atoms. The normalized spacial score (nSPS) is 35.9. The first kappa shape index (κ1) is 15.3. The van der Waals surface area contributed by atoms with Crippen LogP contribution < -0.4 is 0 Å². The number of rotatable bonds is 4. The molecule has 0 spiro atoms. The summed E-state index contributed by atoms with van der Waals surface area (Å²) in [6.07, 6.45) is 0.0566. The standard InChI is InChI=1S/C12H17BrO5S/c1-4-5-19-11(14)16-8-7(6-13)15-10-9(8)17-12(2,3)18-10/h4,7-10H,1,5-6H2,2-3H3/t7-,8+,9-,10-/m1/s1. The van der Waals surface area contributed by atoms with Crippen LogP contribution in [-0.4, -0.2) is 46.8 Å². The summed E-state index contributed by atoms with van der Waals surface area (Å²) in [4.78, 5) is 11.7. The Morgan fingerprint density at radius 3 is 2.89 bits per heavy atom. The molecule has 0 N–H and O–H groups in total. The van der Waals surface area contributed by atoms with Crippen molar-refractivity contribution in [2.24, 2.45) is 0 Å². The number of hydrogen-bond donors (Lipinski definition) is 0. The van der Waals surface area contributed by atoms with Crippen molar-refractivity contribution in [3.63, 3.8) is 0 Å². The van der Waals surface area contributed by atoms with Gasteiger partial charge in [-0.05, 0) is 25.6 Å². The summed E-state index contributed by atoms with van der Waals surface area (Å²) in [5, 5.41) is 0.199. The van der Waals surface area contributed by atoms with Gasteiger partial charge in [0.25, 0.3) is 0 Å². The van der Waals surface area contributed by atoms with Crippen molar-refractivity contribution < 1.29 is 23.7 Å². The van der Waals surface area contributed by atoms with Crippen molar-refractivity contribution in [3.8, 4) is 0 Å². The second-order valence-corrected chi connectivity index (χ2v) is 6.33. The second kappa shape index (κ2) is 6.13. The molecule has 2 rings (SSSR count). The molecular weight excluding hydrogens is 336 g/mol. The van der Waals surface area contributed by atoms with Gasteiger partial charge in [-0.3, -0.25) is 0 Å². The molecule has 108 valence electrons. The Labute approximate surface area is 125 Å². The third-order valence-electron chi connectivity index (χ3n) is 2.79. The third kappa shape index (κ3) is 3.52. The number of halogens is 1. The van der Waals surface area contributed by atoms with Gasteiger partial charge >= 0.3 is 5.30 Å². The number of alkyl halides is 1. The van der Waals surface area contributed by atoms with Crippen LogP contribution in [0.3, 0.4) is 0 Å². The Bertz CT molecular complexity index is 362. The number of carbonyl (C=O) groups is 1. The van der Waals surface area contributed by atoms with E-state index in [-0.39, 0.29) is 17.5 Å². The highest BCUT2D eigenvalue weighted by atomic mass is 79.9. The van der Waals surface area contributed by atoms with E-state index in [9.17, 15) is 4.79 Å². The summed E-state index contributed by atoms with van der Waals surface area (Å²) in [6, 6.07) is 0. The summed E-state index contributed by atoms with van der Waals surface area (Å²) in [6.45, 7) is 7.18. The van der Waals surface area contributed by atoms with E-state index >= 15 is 0 Å². The lowest BCUT2D eigenvalue weighted by Gasteiger charge is -2.24. The molecule has 4 atom stereocenters. The Morgan fingerprint density at radius 1 is 1.53 bits per heavy atom. The molecule has 2 heterocycles. The maximum Gasteiger partial charge on any atom is 0.368 e. The van der Waals surface area contributed by atoms with Crippen LogP contribution in [0.1, 0.15) is 13.8 Å². The average molecular weight is 353 g/mol. The quantitative estimate of drug-likeness (QED) is 0.440. The van der Waals surface area contributed by atoms with E-state index in [1.54, 1.807) is 6.08 Å². The summed E-state index contributed by atoms with van der Waals surface area (Å²) in [7, 11) is 0. The molecule has 0 aromatic carbocycles. The number of carbonyl (C=O) groups excluding carboxylic acids is 1. The van der Waals surface area contributed by atoms with E-state index in [0.29, 0.717) is 11.1 Å². The Hall–Kier alpha value is -0.0800. The van der Waals surface area contributed by atoms with Crippen molar-refractivity contribution in [1.29, 1.82) is 0 Å². The van der Waals surface area contributed by atoms with E-state index in [2.05, 4.69) is 22.5 Å². The van der Waals surface area contributed by atoms with E-state index < -0.39 is 18.2 Å². The predicted molar refractivity (Wildman–Crippen MR) is 75.4 cm³/mol. The fraction of sp³-hybridized carbons (Fsp3) is 0.750. The van der Waals surface area contributed by atoms with Crippen LogP contribution in [-0.2, 0) is 18.9 Å². The Morgan fingerprint density at radius 2 is 2.26 bits per heavy atom. The molecule has 0 bridgehead atoms. The minimum atomic E-state index is -0.717. The molecule has 0 unspecified atom stereocenters. The van der Waals surface area contributed by atoms with Gasteiger partial charge in [-0.1, -0.05) is 22.0 Å². The van der Waals surface area contributed by atoms with Crippen LogP contribution in [0.5, 0.6) is 0 Å². The largest absolute Gasteiger partial charge is 0.448 e. The lowest BCUT2D eigenvalue weighted by Crippen LogP contribution is -2.38. The maximum atomic E-state index is 11.7. The fourth-order valence-electron chi connectivity index (χ4n) is 2.09. The van der Waals surface area contributed by atoms with E-state index in [1.807, 2.05) is 13.8 Å². The summed E-state index contributed by atoms with van der Waals surface area (Å²) >= 11 is 4.41. The van der Waals surface area contributed by atoms with Gasteiger partial charge in [-0.25, -0.2) is 4.79 Å². The molecule has 0 aromatic heterocycles. The molecule has 0 saturated carbocycles. The highest BCUT2D eigenvalue weighted by Gasteiger charge is 2.56. The van der Waals surface area contributed by atoms with Gasteiger partial charge < -0.3 is 18.9 Å². The van der Waals surface area contributed by atoms with E-state index in [0.717, 1.165) is 11.8 Å². The first-order valence-corrected chi connectivity index (χ1v) is 8.09. The number of ether oxygens (including phenoxy) is 4. The minimum absolute atomic E-state index is 0.264. The molecule has 0 amide bonds. The average Bonchev–Trinajstić information content (AvgIpc) is 2.80. The molecule has 5 nitrogen and oxygen atoms in total. The molecule has 2 fully saturated rings. The predicted octanol–water partition coefficient (Wildman–Crippen LogP) is 2.68. The number of thioether (sulfide) groups is 1. The molecule has 2 saturated heterocycles. The van der Waals surface area contributed by atoms with Gasteiger partial charge in [0.2, 0.25) is 0 Å². The van der Waals surface area contributed by atoms with Crippen molar-refractivity contribution in [3.05, 3.63) is 12.7 Å². The zero-order valence-corrected chi connectivity index (χ0v) is 13.2. The monoisotopic (exact) mass is 352 g/mol. The van der Waals surface area contributed by atoms with Gasteiger partial charge in [0.05, 0.1) is 0 Å². The van der Waals surface area contributed by atoms with E-state index in [1.165, 1.54) is 0 Å². The maximum absolute atomic E-state index is 11.7. The highest BCUT2D eigenvalue weighted by molar-refractivity contribution is 9.09. The smallest absolute Gasteiger partial charge is 0.368 e. The second-order valence-electron chi connectivity index (χ2n) is 4.73. The first-order chi connectivity index (χ1) is 8.96. The SMILES string of the molecule is C=CCSC(=O)O[C@@H]1[C@H]2OC(C)(C)O[C@H]2O[C@@H]1CBr. The fourth-order valence-corrected chi connectivity index (χ4v) is 3.04. The van der Waals surface area contributed by atoms with Crippen molar-refractivity contribution in [1.82, 2.24) is 0 Å². The van der Waals surface area contributed by atoms with Crippen molar-refractivity contribution >= 4 is 33.0 Å². The topological polar surface area (TPSA) is 54.0 Å². The lowest BCUT2D eigenvalue weighted by atomic mass is 10.1. The minimum Gasteiger partial charge on any atom is -0.448 e. The summed E-state index contributed by atoms with van der Waals surface area (Å²) in [5.41, 5.74) is 0. The van der Waals surface area contributed by atoms with Gasteiger partial charge in [0, 0.05) is 11.1 Å². The van der Waals surface area contributed by atoms with Crippen molar-refractivity contribution in [2.75, 3.05) is 11.1 Å². The van der Waals surface area contributed by atoms with Crippen LogP contribution in [0.4, 0.5) is 4.79 Å². The zero-order valence-electron chi connectivity index (χ0n) is 10.8. The molecular formula is C12H17BrO5S. The van der Waals surface area contributed by atoms with Crippen LogP contribution in [0, 0.1) is 0 Å². The molecule has 2 aliphatic heterocycles. The zero-order chi connectivity index (χ0) is 14.0. The van der Waals surface area contributed by atoms with Crippen LogP contribution in [0.15, 0.2) is 12.7 Å². The molecule has 2 aliphatic rings. The van der Waals surface area contributed by atoms with Gasteiger partial charge in [0.15, 0.2) is 24.3 Å². The van der Waals surface area contributed by atoms with Crippen molar-refractivity contribution in [2.45, 2.75) is 44.2 Å². The Balaban J connectivity index is 1.99. The highest BCUT2D eigenvalue weighted by Crippen LogP contribution is 2.39. The summed E-state index contributed by atoms with van der Waals surface area (Å²) in [5.74, 6) is -0.201. The van der Waals surface area contributed by atoms with E-state index in [4.69, 9.17) is 18.9 Å². The molecule has 0 aliphatic carbocycles. The Kier molecular flexibility index (Phi) is 4.94. The van der Waals surface area contributed by atoms with Gasteiger partial charge in [-0.2, -0.15) is 0 Å². The molecule has 7 heteroatoms. The molecule has 0 aromatic rings. The van der Waals surface area contributed by atoms with Crippen LogP contribution in [0.2, 0.25) is 0 Å². The third-order valence-corrected chi connectivity index (χ3v) is 4.16.